The van der Waals surface area contributed by atoms with E-state index in [0.717, 1.165) is 15.7 Å². The lowest BCUT2D eigenvalue weighted by atomic mass is 10.1. The molecule has 1 heterocycles. The third kappa shape index (κ3) is 1.61. The smallest absolute Gasteiger partial charge is 0.261 e. The highest BCUT2D eigenvalue weighted by molar-refractivity contribution is 9.10. The molecule has 0 bridgehead atoms. The molecule has 0 atom stereocenters. The lowest BCUT2D eigenvalue weighted by Gasteiger charge is -2.17. The van der Waals surface area contributed by atoms with Crippen LogP contribution < -0.4 is 10.6 Å². The Kier molecular flexibility index (Phi) is 2.59. The summed E-state index contributed by atoms with van der Waals surface area (Å²) in [5.74, 6) is -0.0324. The fourth-order valence-electron chi connectivity index (χ4n) is 2.25. The Morgan fingerprint density at radius 3 is 2.61 bits per heavy atom. The number of halogens is 1. The van der Waals surface area contributed by atoms with Crippen LogP contribution in [0.1, 0.15) is 15.9 Å². The zero-order valence-electron chi connectivity index (χ0n) is 9.56. The summed E-state index contributed by atoms with van der Waals surface area (Å²) >= 11 is 3.47. The first-order valence-electron chi connectivity index (χ1n) is 5.62. The van der Waals surface area contributed by atoms with E-state index in [-0.39, 0.29) is 5.91 Å². The van der Waals surface area contributed by atoms with Gasteiger partial charge in [0.15, 0.2) is 0 Å². The van der Waals surface area contributed by atoms with Crippen molar-refractivity contribution in [1.29, 1.82) is 0 Å². The highest BCUT2D eigenvalue weighted by Gasteiger charge is 2.30. The first-order valence-corrected chi connectivity index (χ1v) is 6.41. The predicted molar refractivity (Wildman–Crippen MR) is 75.5 cm³/mol. The average Bonchev–Trinajstić information content (AvgIpc) is 2.69. The van der Waals surface area contributed by atoms with Gasteiger partial charge in [0.2, 0.25) is 0 Å². The van der Waals surface area contributed by atoms with Crippen molar-refractivity contribution in [1.82, 2.24) is 0 Å². The Morgan fingerprint density at radius 2 is 1.89 bits per heavy atom. The van der Waals surface area contributed by atoms with Gasteiger partial charge in [-0.05, 0) is 39.7 Å². The van der Waals surface area contributed by atoms with Crippen LogP contribution >= 0.6 is 15.9 Å². The number of rotatable bonds is 1. The number of carbonyl (C=O) groups is 1. The van der Waals surface area contributed by atoms with Gasteiger partial charge < -0.3 is 10.6 Å². The number of nitrogen functional groups attached to an aromatic ring is 1. The van der Waals surface area contributed by atoms with Gasteiger partial charge in [0.05, 0.1) is 17.8 Å². The van der Waals surface area contributed by atoms with Gasteiger partial charge in [0, 0.05) is 10.2 Å². The second-order valence-corrected chi connectivity index (χ2v) is 5.08. The Bertz CT molecular complexity index is 639. The SMILES string of the molecule is Nc1cccc2c1C(=O)N(c1ccccc1Br)C2. The number of hydrogen-bond acceptors (Lipinski definition) is 2. The van der Waals surface area contributed by atoms with Gasteiger partial charge in [0.1, 0.15) is 0 Å². The molecule has 0 aliphatic carbocycles. The van der Waals surface area contributed by atoms with Crippen molar-refractivity contribution in [3.63, 3.8) is 0 Å². The topological polar surface area (TPSA) is 46.3 Å². The first-order chi connectivity index (χ1) is 8.68. The Labute approximate surface area is 113 Å². The largest absolute Gasteiger partial charge is 0.398 e. The van der Waals surface area contributed by atoms with E-state index in [1.807, 2.05) is 36.4 Å². The maximum absolute atomic E-state index is 12.4. The van der Waals surface area contributed by atoms with E-state index in [9.17, 15) is 4.79 Å². The van der Waals surface area contributed by atoms with Crippen LogP contribution in [-0.2, 0) is 6.54 Å². The summed E-state index contributed by atoms with van der Waals surface area (Å²) in [5, 5.41) is 0. The van der Waals surface area contributed by atoms with Gasteiger partial charge in [-0.25, -0.2) is 0 Å². The van der Waals surface area contributed by atoms with E-state index in [2.05, 4.69) is 15.9 Å². The van der Waals surface area contributed by atoms with Crippen LogP contribution in [-0.4, -0.2) is 5.91 Å². The Balaban J connectivity index is 2.08. The van der Waals surface area contributed by atoms with Crippen LogP contribution in [0.2, 0.25) is 0 Å². The standard InChI is InChI=1S/C14H11BrN2O/c15-10-5-1-2-7-12(10)17-8-9-4-3-6-11(16)13(9)14(17)18/h1-7H,8,16H2. The number of fused-ring (bicyclic) bond motifs is 1. The molecule has 2 N–H and O–H groups in total. The zero-order chi connectivity index (χ0) is 12.7. The van der Waals surface area contributed by atoms with E-state index in [0.29, 0.717) is 17.8 Å². The van der Waals surface area contributed by atoms with Crippen LogP contribution in [0.15, 0.2) is 46.9 Å². The Hall–Kier alpha value is -1.81. The quantitative estimate of drug-likeness (QED) is 0.822. The fraction of sp³-hybridized carbons (Fsp3) is 0.0714. The number of nitrogens with zero attached hydrogens (tertiary/aromatic N) is 1. The summed E-state index contributed by atoms with van der Waals surface area (Å²) < 4.78 is 0.907. The number of nitrogens with two attached hydrogens (primary N) is 1. The lowest BCUT2D eigenvalue weighted by molar-refractivity contribution is 0.0997. The van der Waals surface area contributed by atoms with E-state index < -0.39 is 0 Å². The molecule has 2 aromatic rings. The molecular formula is C14H11BrN2O. The molecule has 0 spiro atoms. The van der Waals surface area contributed by atoms with E-state index in [1.165, 1.54) is 0 Å². The second-order valence-electron chi connectivity index (χ2n) is 4.22. The van der Waals surface area contributed by atoms with Gasteiger partial charge in [0.25, 0.3) is 5.91 Å². The average molecular weight is 303 g/mol. The number of anilines is 2. The van der Waals surface area contributed by atoms with Crippen molar-refractivity contribution >= 4 is 33.2 Å². The molecule has 90 valence electrons. The molecule has 18 heavy (non-hydrogen) atoms. The maximum atomic E-state index is 12.4. The van der Waals surface area contributed by atoms with Crippen LogP contribution in [0.4, 0.5) is 11.4 Å². The van der Waals surface area contributed by atoms with Crippen molar-refractivity contribution < 1.29 is 4.79 Å². The number of hydrogen-bond donors (Lipinski definition) is 1. The van der Waals surface area contributed by atoms with Gasteiger partial charge in [-0.1, -0.05) is 24.3 Å². The molecule has 0 unspecified atom stereocenters. The minimum absolute atomic E-state index is 0.0324. The lowest BCUT2D eigenvalue weighted by Crippen LogP contribution is -2.23. The van der Waals surface area contributed by atoms with E-state index >= 15 is 0 Å². The van der Waals surface area contributed by atoms with Crippen molar-refractivity contribution in [2.24, 2.45) is 0 Å². The van der Waals surface area contributed by atoms with Gasteiger partial charge >= 0.3 is 0 Å². The van der Waals surface area contributed by atoms with Crippen molar-refractivity contribution in [3.8, 4) is 0 Å². The molecule has 0 aromatic heterocycles. The van der Waals surface area contributed by atoms with Crippen LogP contribution in [0.5, 0.6) is 0 Å². The van der Waals surface area contributed by atoms with Crippen LogP contribution in [0.3, 0.4) is 0 Å². The summed E-state index contributed by atoms with van der Waals surface area (Å²) in [6.07, 6.45) is 0. The summed E-state index contributed by atoms with van der Waals surface area (Å²) in [6.45, 7) is 0.571. The third-order valence-corrected chi connectivity index (χ3v) is 3.78. The molecule has 2 aromatic carbocycles. The predicted octanol–water partition coefficient (Wildman–Crippen LogP) is 3.19. The summed E-state index contributed by atoms with van der Waals surface area (Å²) in [5.41, 5.74) is 8.92. The molecule has 3 nitrogen and oxygen atoms in total. The molecule has 1 aliphatic heterocycles. The molecule has 1 aliphatic rings. The van der Waals surface area contributed by atoms with Crippen molar-refractivity contribution in [3.05, 3.63) is 58.1 Å². The molecule has 3 rings (SSSR count). The summed E-state index contributed by atoms with van der Waals surface area (Å²) in [6, 6.07) is 13.3. The summed E-state index contributed by atoms with van der Waals surface area (Å²) in [4.78, 5) is 14.1. The molecule has 0 radical (unpaired) electrons. The third-order valence-electron chi connectivity index (χ3n) is 3.11. The number of carbonyl (C=O) groups excluding carboxylic acids is 1. The molecule has 0 fully saturated rings. The number of amides is 1. The molecular weight excluding hydrogens is 292 g/mol. The van der Waals surface area contributed by atoms with Crippen LogP contribution in [0.25, 0.3) is 0 Å². The number of para-hydroxylation sites is 1. The van der Waals surface area contributed by atoms with Gasteiger partial charge in [-0.3, -0.25) is 4.79 Å². The summed E-state index contributed by atoms with van der Waals surface area (Å²) in [7, 11) is 0. The van der Waals surface area contributed by atoms with Gasteiger partial charge in [-0.15, -0.1) is 0 Å². The molecule has 1 amide bonds. The van der Waals surface area contributed by atoms with Crippen molar-refractivity contribution in [2.45, 2.75) is 6.54 Å². The maximum Gasteiger partial charge on any atom is 0.261 e. The highest BCUT2D eigenvalue weighted by Crippen LogP contribution is 2.34. The Morgan fingerprint density at radius 1 is 1.11 bits per heavy atom. The number of benzene rings is 2. The zero-order valence-corrected chi connectivity index (χ0v) is 11.1. The highest BCUT2D eigenvalue weighted by atomic mass is 79.9. The normalized spacial score (nSPS) is 13.8. The van der Waals surface area contributed by atoms with E-state index in [1.54, 1.807) is 11.0 Å². The fourth-order valence-corrected chi connectivity index (χ4v) is 2.75. The second kappa shape index (κ2) is 4.14. The molecule has 0 saturated carbocycles. The van der Waals surface area contributed by atoms with E-state index in [4.69, 9.17) is 5.73 Å². The van der Waals surface area contributed by atoms with Crippen LogP contribution in [0, 0.1) is 0 Å². The minimum atomic E-state index is -0.0324. The first kappa shape index (κ1) is 11.3. The monoisotopic (exact) mass is 302 g/mol. The molecule has 4 heteroatoms. The minimum Gasteiger partial charge on any atom is -0.398 e. The molecule has 0 saturated heterocycles. The van der Waals surface area contributed by atoms with Gasteiger partial charge in [-0.2, -0.15) is 0 Å². The van der Waals surface area contributed by atoms with Crippen molar-refractivity contribution in [2.75, 3.05) is 10.6 Å².